The maximum atomic E-state index is 12.6. The monoisotopic (exact) mass is 458 g/mol. The van der Waals surface area contributed by atoms with E-state index >= 15 is 0 Å². The van der Waals surface area contributed by atoms with E-state index in [9.17, 15) is 4.79 Å². The molecular formula is C31H38O3. The molecule has 0 amide bonds. The van der Waals surface area contributed by atoms with Gasteiger partial charge in [0.2, 0.25) is 0 Å². The zero-order chi connectivity index (χ0) is 24.0. The summed E-state index contributed by atoms with van der Waals surface area (Å²) in [4.78, 5) is 12.6. The molecule has 0 aliphatic rings. The number of rotatable bonds is 14. The first-order valence-corrected chi connectivity index (χ1v) is 12.7. The third kappa shape index (κ3) is 8.70. The van der Waals surface area contributed by atoms with Gasteiger partial charge < -0.3 is 9.47 Å². The Morgan fingerprint density at radius 3 is 2.09 bits per heavy atom. The van der Waals surface area contributed by atoms with Gasteiger partial charge in [0.1, 0.15) is 18.1 Å². The molecule has 0 fully saturated rings. The Bertz CT molecular complexity index is 993. The van der Waals surface area contributed by atoms with Crippen LogP contribution in [0.4, 0.5) is 0 Å². The van der Waals surface area contributed by atoms with Crippen molar-refractivity contribution in [1.29, 1.82) is 0 Å². The minimum atomic E-state index is -0.353. The number of carbonyl (C=O) groups is 1. The molecule has 0 bridgehead atoms. The van der Waals surface area contributed by atoms with Gasteiger partial charge in [-0.2, -0.15) is 0 Å². The number of esters is 1. The van der Waals surface area contributed by atoms with Crippen LogP contribution in [0.25, 0.3) is 0 Å². The fourth-order valence-corrected chi connectivity index (χ4v) is 4.03. The highest BCUT2D eigenvalue weighted by Gasteiger charge is 2.11. The van der Waals surface area contributed by atoms with Crippen LogP contribution in [-0.4, -0.2) is 5.97 Å². The Balaban J connectivity index is 1.42. The molecular weight excluding hydrogens is 420 g/mol. The van der Waals surface area contributed by atoms with Crippen LogP contribution >= 0.6 is 0 Å². The Morgan fingerprint density at radius 2 is 1.41 bits per heavy atom. The summed E-state index contributed by atoms with van der Waals surface area (Å²) in [6.07, 6.45) is 11.7. The second-order valence-corrected chi connectivity index (χ2v) is 9.01. The first-order chi connectivity index (χ1) is 16.7. The van der Waals surface area contributed by atoms with Gasteiger partial charge in [-0.05, 0) is 66.8 Å². The van der Waals surface area contributed by atoms with Gasteiger partial charge in [-0.15, -0.1) is 0 Å². The molecule has 0 aromatic heterocycles. The van der Waals surface area contributed by atoms with Crippen molar-refractivity contribution in [2.75, 3.05) is 0 Å². The predicted octanol–water partition coefficient (Wildman–Crippen LogP) is 8.48. The number of hydrogen-bond acceptors (Lipinski definition) is 3. The molecule has 3 heteroatoms. The molecule has 0 aliphatic heterocycles. The minimum absolute atomic E-state index is 0.353. The Kier molecular flexibility index (Phi) is 10.7. The molecule has 34 heavy (non-hydrogen) atoms. The van der Waals surface area contributed by atoms with Crippen molar-refractivity contribution < 1.29 is 14.3 Å². The lowest BCUT2D eigenvalue weighted by Crippen LogP contribution is -2.09. The van der Waals surface area contributed by atoms with Gasteiger partial charge in [0.05, 0.1) is 5.56 Å². The van der Waals surface area contributed by atoms with Crippen LogP contribution in [0.1, 0.15) is 85.3 Å². The largest absolute Gasteiger partial charge is 0.489 e. The van der Waals surface area contributed by atoms with E-state index < -0.39 is 0 Å². The smallest absolute Gasteiger partial charge is 0.343 e. The molecule has 0 saturated carbocycles. The van der Waals surface area contributed by atoms with Crippen molar-refractivity contribution in [3.63, 3.8) is 0 Å². The van der Waals surface area contributed by atoms with Crippen LogP contribution in [0.5, 0.6) is 11.5 Å². The highest BCUT2D eigenvalue weighted by atomic mass is 16.5. The second-order valence-electron chi connectivity index (χ2n) is 9.01. The lowest BCUT2D eigenvalue weighted by molar-refractivity contribution is 0.0734. The maximum Gasteiger partial charge on any atom is 0.343 e. The fraction of sp³-hybridized carbons (Fsp3) is 0.387. The number of benzene rings is 3. The summed E-state index contributed by atoms with van der Waals surface area (Å²) >= 11 is 0. The van der Waals surface area contributed by atoms with Gasteiger partial charge in [0.25, 0.3) is 0 Å². The summed E-state index contributed by atoms with van der Waals surface area (Å²) < 4.78 is 11.5. The summed E-state index contributed by atoms with van der Waals surface area (Å²) in [5.41, 5.74) is 3.83. The number of carbonyl (C=O) groups excluding carboxylic acids is 1. The number of ether oxygens (including phenoxy) is 2. The van der Waals surface area contributed by atoms with E-state index in [1.54, 1.807) is 6.07 Å². The standard InChI is InChI=1S/C31H38O3/c1-3-4-5-6-7-8-9-11-14-26-17-20-29(21-18-26)34-31(32)28-19-22-30(25(2)23-28)33-24-27-15-12-10-13-16-27/h10,12-13,15-23H,3-9,11,14,24H2,1-2H3. The van der Waals surface area contributed by atoms with Crippen LogP contribution in [-0.2, 0) is 13.0 Å². The van der Waals surface area contributed by atoms with Gasteiger partial charge in [0.15, 0.2) is 0 Å². The molecule has 0 radical (unpaired) electrons. The van der Waals surface area contributed by atoms with Crippen LogP contribution in [0.15, 0.2) is 72.8 Å². The molecule has 0 saturated heterocycles. The summed E-state index contributed by atoms with van der Waals surface area (Å²) in [6, 6.07) is 23.4. The van der Waals surface area contributed by atoms with Crippen molar-refractivity contribution in [3.05, 3.63) is 95.1 Å². The van der Waals surface area contributed by atoms with E-state index in [4.69, 9.17) is 9.47 Å². The average Bonchev–Trinajstić information content (AvgIpc) is 2.86. The van der Waals surface area contributed by atoms with E-state index in [2.05, 4.69) is 19.1 Å². The van der Waals surface area contributed by atoms with Crippen LogP contribution < -0.4 is 9.47 Å². The molecule has 3 nitrogen and oxygen atoms in total. The predicted molar refractivity (Wildman–Crippen MR) is 140 cm³/mol. The third-order valence-corrected chi connectivity index (χ3v) is 6.10. The molecule has 180 valence electrons. The van der Waals surface area contributed by atoms with Crippen molar-refractivity contribution in [3.8, 4) is 11.5 Å². The third-order valence-electron chi connectivity index (χ3n) is 6.10. The Labute approximate surface area is 205 Å². The van der Waals surface area contributed by atoms with Crippen molar-refractivity contribution in [2.45, 2.75) is 78.2 Å². The molecule has 0 heterocycles. The van der Waals surface area contributed by atoms with E-state index in [0.717, 1.165) is 23.3 Å². The molecule has 0 unspecified atom stereocenters. The van der Waals surface area contributed by atoms with Gasteiger partial charge in [-0.1, -0.05) is 94.3 Å². The molecule has 3 rings (SSSR count). The quantitative estimate of drug-likeness (QED) is 0.138. The van der Waals surface area contributed by atoms with E-state index in [0.29, 0.717) is 17.9 Å². The molecule has 0 spiro atoms. The van der Waals surface area contributed by atoms with Crippen molar-refractivity contribution in [2.24, 2.45) is 0 Å². The topological polar surface area (TPSA) is 35.5 Å². The fourth-order valence-electron chi connectivity index (χ4n) is 4.03. The van der Waals surface area contributed by atoms with E-state index in [-0.39, 0.29) is 5.97 Å². The SMILES string of the molecule is CCCCCCCCCCc1ccc(OC(=O)c2ccc(OCc3ccccc3)c(C)c2)cc1. The Morgan fingerprint density at radius 1 is 0.735 bits per heavy atom. The summed E-state index contributed by atoms with van der Waals surface area (Å²) in [5, 5.41) is 0. The summed E-state index contributed by atoms with van der Waals surface area (Å²) in [7, 11) is 0. The molecule has 0 N–H and O–H groups in total. The molecule has 3 aromatic carbocycles. The number of hydrogen-bond donors (Lipinski definition) is 0. The zero-order valence-electron chi connectivity index (χ0n) is 20.7. The van der Waals surface area contributed by atoms with Gasteiger partial charge in [0, 0.05) is 0 Å². The van der Waals surface area contributed by atoms with Gasteiger partial charge in [-0.25, -0.2) is 4.79 Å². The van der Waals surface area contributed by atoms with Gasteiger partial charge in [-0.3, -0.25) is 0 Å². The molecule has 0 aliphatic carbocycles. The van der Waals surface area contributed by atoms with E-state index in [1.807, 2.05) is 61.5 Å². The normalized spacial score (nSPS) is 10.8. The lowest BCUT2D eigenvalue weighted by atomic mass is 10.0. The van der Waals surface area contributed by atoms with Crippen LogP contribution in [0, 0.1) is 6.92 Å². The highest BCUT2D eigenvalue weighted by molar-refractivity contribution is 5.91. The summed E-state index contributed by atoms with van der Waals surface area (Å²) in [5.74, 6) is 0.992. The van der Waals surface area contributed by atoms with E-state index in [1.165, 1.54) is 56.9 Å². The molecule has 0 atom stereocenters. The van der Waals surface area contributed by atoms with Crippen molar-refractivity contribution in [1.82, 2.24) is 0 Å². The second kappa shape index (κ2) is 14.2. The number of aryl methyl sites for hydroxylation is 2. The van der Waals surface area contributed by atoms with Crippen molar-refractivity contribution >= 4 is 5.97 Å². The highest BCUT2D eigenvalue weighted by Crippen LogP contribution is 2.22. The first kappa shape index (κ1) is 25.6. The zero-order valence-corrected chi connectivity index (χ0v) is 20.7. The summed E-state index contributed by atoms with van der Waals surface area (Å²) in [6.45, 7) is 4.70. The minimum Gasteiger partial charge on any atom is -0.489 e. The number of unbranched alkanes of at least 4 members (excludes halogenated alkanes) is 7. The average molecular weight is 459 g/mol. The maximum absolute atomic E-state index is 12.6. The van der Waals surface area contributed by atoms with Gasteiger partial charge >= 0.3 is 5.97 Å². The van der Waals surface area contributed by atoms with Crippen LogP contribution in [0.2, 0.25) is 0 Å². The molecule has 3 aromatic rings. The Hall–Kier alpha value is -3.07. The first-order valence-electron chi connectivity index (χ1n) is 12.7. The lowest BCUT2D eigenvalue weighted by Gasteiger charge is -2.11. The van der Waals surface area contributed by atoms with Crippen LogP contribution in [0.3, 0.4) is 0 Å².